The highest BCUT2D eigenvalue weighted by Crippen LogP contribution is 2.36. The fourth-order valence-corrected chi connectivity index (χ4v) is 3.26. The molecule has 0 radical (unpaired) electrons. The lowest BCUT2D eigenvalue weighted by atomic mass is 10.2. The van der Waals surface area contributed by atoms with E-state index in [0.717, 1.165) is 24.9 Å². The highest BCUT2D eigenvalue weighted by atomic mass is 32.2. The number of nitrogens with zero attached hydrogens (tertiary/aromatic N) is 2. The molecule has 21 heavy (non-hydrogen) atoms. The third-order valence-corrected chi connectivity index (χ3v) is 4.80. The lowest BCUT2D eigenvalue weighted by Gasteiger charge is -2.07. The molecule has 1 N–H and O–H groups in total. The van der Waals surface area contributed by atoms with Crippen LogP contribution < -0.4 is 5.32 Å². The molecular formula is C17H23N3S. The predicted octanol–water partition coefficient (Wildman–Crippen LogP) is 4.01. The first kappa shape index (κ1) is 14.7. The Bertz CT molecular complexity index is 558. The Hall–Kier alpha value is -1.26. The third-order valence-electron chi connectivity index (χ3n) is 3.75. The Labute approximate surface area is 131 Å². The van der Waals surface area contributed by atoms with Crippen LogP contribution in [-0.2, 0) is 12.3 Å². The largest absolute Gasteiger partial charge is 0.331 e. The highest BCUT2D eigenvalue weighted by Gasteiger charge is 2.24. The minimum absolute atomic E-state index is 0.718. The van der Waals surface area contributed by atoms with Crippen LogP contribution in [0.5, 0.6) is 0 Å². The smallest absolute Gasteiger partial charge is 0.0951 e. The van der Waals surface area contributed by atoms with Gasteiger partial charge >= 0.3 is 0 Å². The molecule has 3 rings (SSSR count). The molecule has 2 aromatic rings. The molecule has 1 aliphatic rings. The van der Waals surface area contributed by atoms with Crippen molar-refractivity contribution in [2.45, 2.75) is 49.4 Å². The summed E-state index contributed by atoms with van der Waals surface area (Å²) in [6, 6.07) is 9.62. The Kier molecular flexibility index (Phi) is 4.99. The van der Waals surface area contributed by atoms with Gasteiger partial charge in [-0.2, -0.15) is 0 Å². The van der Waals surface area contributed by atoms with E-state index in [0.29, 0.717) is 0 Å². The number of thioether (sulfide) groups is 1. The van der Waals surface area contributed by atoms with E-state index in [1.807, 2.05) is 24.3 Å². The van der Waals surface area contributed by atoms with Crippen LogP contribution in [-0.4, -0.2) is 16.1 Å². The van der Waals surface area contributed by atoms with Crippen LogP contribution in [0, 0.1) is 0 Å². The number of aromatic nitrogens is 2. The molecular weight excluding hydrogens is 278 g/mol. The van der Waals surface area contributed by atoms with Gasteiger partial charge in [0.2, 0.25) is 0 Å². The second-order valence-corrected chi connectivity index (χ2v) is 6.68. The van der Waals surface area contributed by atoms with Gasteiger partial charge in [-0.1, -0.05) is 19.1 Å². The van der Waals surface area contributed by atoms with E-state index in [1.54, 1.807) is 0 Å². The Morgan fingerprint density at radius 3 is 2.81 bits per heavy atom. The second kappa shape index (κ2) is 7.14. The SMILES string of the molecule is CCCNCc1ccc(SCc2cncn2C2CC2)cc1. The molecule has 0 bridgehead atoms. The minimum Gasteiger partial charge on any atom is -0.331 e. The van der Waals surface area contributed by atoms with Crippen LogP contribution in [0.4, 0.5) is 0 Å². The molecule has 3 nitrogen and oxygen atoms in total. The van der Waals surface area contributed by atoms with Gasteiger partial charge in [-0.25, -0.2) is 4.98 Å². The van der Waals surface area contributed by atoms with Gasteiger partial charge in [-0.15, -0.1) is 11.8 Å². The summed E-state index contributed by atoms with van der Waals surface area (Å²) < 4.78 is 2.34. The van der Waals surface area contributed by atoms with Crippen LogP contribution >= 0.6 is 11.8 Å². The van der Waals surface area contributed by atoms with E-state index in [9.17, 15) is 0 Å². The van der Waals surface area contributed by atoms with E-state index in [-0.39, 0.29) is 0 Å². The summed E-state index contributed by atoms with van der Waals surface area (Å²) in [5, 5.41) is 3.43. The highest BCUT2D eigenvalue weighted by molar-refractivity contribution is 7.98. The summed E-state index contributed by atoms with van der Waals surface area (Å²) >= 11 is 1.89. The Morgan fingerprint density at radius 1 is 1.29 bits per heavy atom. The molecule has 4 heteroatoms. The minimum atomic E-state index is 0.718. The second-order valence-electron chi connectivity index (χ2n) is 5.63. The van der Waals surface area contributed by atoms with E-state index in [2.05, 4.69) is 46.1 Å². The number of nitrogens with one attached hydrogen (secondary N) is 1. The topological polar surface area (TPSA) is 29.9 Å². The van der Waals surface area contributed by atoms with Crippen molar-refractivity contribution in [3.63, 3.8) is 0 Å². The molecule has 0 atom stereocenters. The zero-order chi connectivity index (χ0) is 14.5. The maximum absolute atomic E-state index is 4.29. The zero-order valence-corrected chi connectivity index (χ0v) is 13.4. The van der Waals surface area contributed by atoms with Crippen LogP contribution in [0.2, 0.25) is 0 Å². The van der Waals surface area contributed by atoms with Gasteiger partial charge < -0.3 is 9.88 Å². The third kappa shape index (κ3) is 4.11. The van der Waals surface area contributed by atoms with E-state index in [1.165, 1.54) is 35.4 Å². The molecule has 0 spiro atoms. The van der Waals surface area contributed by atoms with Gasteiger partial charge in [-0.3, -0.25) is 0 Å². The molecule has 1 aliphatic carbocycles. The van der Waals surface area contributed by atoms with Crippen molar-refractivity contribution < 1.29 is 0 Å². The van der Waals surface area contributed by atoms with E-state index < -0.39 is 0 Å². The van der Waals surface area contributed by atoms with E-state index >= 15 is 0 Å². The summed E-state index contributed by atoms with van der Waals surface area (Å²) in [6.45, 7) is 4.24. The van der Waals surface area contributed by atoms with Crippen LogP contribution in [0.15, 0.2) is 41.7 Å². The summed E-state index contributed by atoms with van der Waals surface area (Å²) in [5.74, 6) is 1.00. The summed E-state index contributed by atoms with van der Waals surface area (Å²) in [7, 11) is 0. The van der Waals surface area contributed by atoms with Crippen molar-refractivity contribution in [3.05, 3.63) is 48.0 Å². The molecule has 1 fully saturated rings. The molecule has 1 heterocycles. The first-order chi connectivity index (χ1) is 10.4. The van der Waals surface area contributed by atoms with Crippen molar-refractivity contribution in [1.29, 1.82) is 0 Å². The standard InChI is InChI=1S/C17H23N3S/c1-2-9-18-10-14-3-7-17(8-4-14)21-12-16-11-19-13-20(16)15-5-6-15/h3-4,7-8,11,13,15,18H,2,5-6,9-10,12H2,1H3. The molecule has 0 aliphatic heterocycles. The molecule has 1 aromatic heterocycles. The van der Waals surface area contributed by atoms with Gasteiger partial charge in [0, 0.05) is 35.1 Å². The number of rotatable bonds is 8. The van der Waals surface area contributed by atoms with Crippen molar-refractivity contribution in [2.24, 2.45) is 0 Å². The Balaban J connectivity index is 1.51. The molecule has 0 amide bonds. The van der Waals surface area contributed by atoms with Crippen molar-refractivity contribution in [1.82, 2.24) is 14.9 Å². The summed E-state index contributed by atoms with van der Waals surface area (Å²) in [4.78, 5) is 5.62. The summed E-state index contributed by atoms with van der Waals surface area (Å²) in [5.41, 5.74) is 2.70. The molecule has 0 saturated heterocycles. The number of hydrogen-bond donors (Lipinski definition) is 1. The molecule has 1 aromatic carbocycles. The lowest BCUT2D eigenvalue weighted by Crippen LogP contribution is -2.13. The average molecular weight is 301 g/mol. The van der Waals surface area contributed by atoms with E-state index in [4.69, 9.17) is 0 Å². The Morgan fingerprint density at radius 2 is 2.10 bits per heavy atom. The molecule has 1 saturated carbocycles. The first-order valence-corrected chi connectivity index (χ1v) is 8.78. The van der Waals surface area contributed by atoms with Crippen molar-refractivity contribution in [2.75, 3.05) is 6.54 Å². The van der Waals surface area contributed by atoms with Crippen molar-refractivity contribution >= 4 is 11.8 Å². The lowest BCUT2D eigenvalue weighted by molar-refractivity contribution is 0.675. The van der Waals surface area contributed by atoms with Crippen LogP contribution in [0.25, 0.3) is 0 Å². The fraction of sp³-hybridized carbons (Fsp3) is 0.471. The van der Waals surface area contributed by atoms with Gasteiger partial charge in [0.05, 0.1) is 6.33 Å². The zero-order valence-electron chi connectivity index (χ0n) is 12.6. The van der Waals surface area contributed by atoms with Crippen LogP contribution in [0.3, 0.4) is 0 Å². The number of benzene rings is 1. The monoisotopic (exact) mass is 301 g/mol. The van der Waals surface area contributed by atoms with Crippen LogP contribution in [0.1, 0.15) is 43.5 Å². The quantitative estimate of drug-likeness (QED) is 0.590. The predicted molar refractivity (Wildman–Crippen MR) is 88.5 cm³/mol. The van der Waals surface area contributed by atoms with Gasteiger partial charge in [0.15, 0.2) is 0 Å². The van der Waals surface area contributed by atoms with Crippen molar-refractivity contribution in [3.8, 4) is 0 Å². The average Bonchev–Trinajstić information content (AvgIpc) is 3.25. The number of imidazole rings is 1. The van der Waals surface area contributed by atoms with Gasteiger partial charge in [0.25, 0.3) is 0 Å². The maximum Gasteiger partial charge on any atom is 0.0951 e. The maximum atomic E-state index is 4.29. The molecule has 112 valence electrons. The van der Waals surface area contributed by atoms with Gasteiger partial charge in [-0.05, 0) is 43.5 Å². The first-order valence-electron chi connectivity index (χ1n) is 7.80. The van der Waals surface area contributed by atoms with Gasteiger partial charge in [0.1, 0.15) is 0 Å². The fourth-order valence-electron chi connectivity index (χ4n) is 2.40. The normalized spacial score (nSPS) is 14.5. The molecule has 0 unspecified atom stereocenters. The number of hydrogen-bond acceptors (Lipinski definition) is 3. The summed E-state index contributed by atoms with van der Waals surface area (Å²) in [6.07, 6.45) is 7.80.